The fourth-order valence-electron chi connectivity index (χ4n) is 6.35. The predicted molar refractivity (Wildman–Crippen MR) is 166 cm³/mol. The molecule has 5 atom stereocenters. The fraction of sp³-hybridized carbons (Fsp3) is 0.485. The van der Waals surface area contributed by atoms with Crippen molar-refractivity contribution in [1.82, 2.24) is 31.2 Å². The van der Waals surface area contributed by atoms with E-state index in [-0.39, 0.29) is 23.8 Å². The number of methoxy groups -OCH3 is 1. The molecule has 0 saturated carbocycles. The van der Waals surface area contributed by atoms with E-state index in [0.29, 0.717) is 37.3 Å². The quantitative estimate of drug-likeness (QED) is 0.214. The van der Waals surface area contributed by atoms with Crippen molar-refractivity contribution in [3.63, 3.8) is 0 Å². The second-order valence-electron chi connectivity index (χ2n) is 12.3. The second-order valence-corrected chi connectivity index (χ2v) is 12.3. The van der Waals surface area contributed by atoms with Crippen LogP contribution >= 0.6 is 0 Å². The molecule has 2 aromatic heterocycles. The Morgan fingerprint density at radius 1 is 1.20 bits per heavy atom. The van der Waals surface area contributed by atoms with Crippen molar-refractivity contribution in [2.24, 2.45) is 11.8 Å². The van der Waals surface area contributed by atoms with Crippen LogP contribution in [0.15, 0.2) is 36.5 Å². The van der Waals surface area contributed by atoms with Gasteiger partial charge in [-0.25, -0.2) is 0 Å². The van der Waals surface area contributed by atoms with Gasteiger partial charge in [-0.2, -0.15) is 5.26 Å². The molecule has 1 aliphatic heterocycles. The number of aromatic nitrogens is 2. The highest BCUT2D eigenvalue weighted by atomic mass is 16.5. The first-order chi connectivity index (χ1) is 21.2. The maximum Gasteiger partial charge on any atom is 0.268 e. The largest absolute Gasteiger partial charge is 0.496 e. The number of pyridine rings is 1. The van der Waals surface area contributed by atoms with E-state index in [9.17, 15) is 19.6 Å². The summed E-state index contributed by atoms with van der Waals surface area (Å²) in [6, 6.07) is 9.27. The van der Waals surface area contributed by atoms with E-state index in [4.69, 9.17) is 4.74 Å². The minimum absolute atomic E-state index is 0.0758. The first-order valence-electron chi connectivity index (χ1n) is 15.3. The Balaban J connectivity index is 1.35. The van der Waals surface area contributed by atoms with Crippen LogP contribution in [0.2, 0.25) is 0 Å². The molecule has 5 rings (SSSR count). The molecule has 0 bridgehead atoms. The highest BCUT2D eigenvalue weighted by Gasteiger charge is 2.36. The lowest BCUT2D eigenvalue weighted by atomic mass is 9.92. The van der Waals surface area contributed by atoms with Crippen molar-refractivity contribution in [2.45, 2.75) is 77.0 Å². The number of benzene rings is 1. The van der Waals surface area contributed by atoms with E-state index >= 15 is 0 Å². The summed E-state index contributed by atoms with van der Waals surface area (Å²) in [7, 11) is 1.57. The summed E-state index contributed by atoms with van der Waals surface area (Å²) in [6.07, 6.45) is 4.87. The zero-order chi connectivity index (χ0) is 31.4. The summed E-state index contributed by atoms with van der Waals surface area (Å²) in [5, 5.41) is 23.4. The van der Waals surface area contributed by atoms with Gasteiger partial charge in [0.2, 0.25) is 11.8 Å². The minimum Gasteiger partial charge on any atom is -0.496 e. The molecule has 11 nitrogen and oxygen atoms in total. The number of H-pyrrole nitrogens is 1. The monoisotopic (exact) mass is 599 g/mol. The van der Waals surface area contributed by atoms with E-state index in [2.05, 4.69) is 43.4 Å². The third kappa shape index (κ3) is 6.86. The van der Waals surface area contributed by atoms with Gasteiger partial charge in [0.25, 0.3) is 5.91 Å². The number of nitrogens with one attached hydrogen (secondary N) is 5. The molecule has 11 heteroatoms. The van der Waals surface area contributed by atoms with Gasteiger partial charge in [-0.1, -0.05) is 19.9 Å². The van der Waals surface area contributed by atoms with Crippen LogP contribution in [-0.2, 0) is 16.0 Å². The van der Waals surface area contributed by atoms with Crippen molar-refractivity contribution in [3.8, 4) is 11.8 Å². The molecule has 1 aromatic carbocycles. The SMILES string of the molecule is COc1cccc2[nH]c(C(=O)N[C@@H](CC(C)C)C(=O)N[C@@H](C[C@@H]3CCNC3=O)C(C#N)NC3CCc4cc(C)ncc43)cc12. The predicted octanol–water partition coefficient (Wildman–Crippen LogP) is 3.20. The van der Waals surface area contributed by atoms with E-state index in [1.807, 2.05) is 45.2 Å². The number of aryl methyl sites for hydroxylation is 2. The van der Waals surface area contributed by atoms with Crippen molar-refractivity contribution in [3.05, 3.63) is 59.0 Å². The highest BCUT2D eigenvalue weighted by molar-refractivity contribution is 6.01. The molecule has 1 aliphatic carbocycles. The van der Waals surface area contributed by atoms with Crippen LogP contribution in [0.4, 0.5) is 0 Å². The van der Waals surface area contributed by atoms with Gasteiger partial charge in [0.1, 0.15) is 23.5 Å². The zero-order valence-electron chi connectivity index (χ0n) is 25.7. The van der Waals surface area contributed by atoms with Crippen molar-refractivity contribution in [1.29, 1.82) is 5.26 Å². The van der Waals surface area contributed by atoms with E-state index in [1.165, 1.54) is 5.56 Å². The highest BCUT2D eigenvalue weighted by Crippen LogP contribution is 2.32. The van der Waals surface area contributed by atoms with Gasteiger partial charge in [-0.15, -0.1) is 0 Å². The third-order valence-corrected chi connectivity index (χ3v) is 8.61. The molecule has 3 heterocycles. The smallest absolute Gasteiger partial charge is 0.268 e. The van der Waals surface area contributed by atoms with Crippen LogP contribution in [-0.4, -0.2) is 59.5 Å². The van der Waals surface area contributed by atoms with Crippen molar-refractivity contribution >= 4 is 28.6 Å². The lowest BCUT2D eigenvalue weighted by Gasteiger charge is -2.30. The molecule has 1 fully saturated rings. The number of rotatable bonds is 12. The van der Waals surface area contributed by atoms with Crippen molar-refractivity contribution in [2.75, 3.05) is 13.7 Å². The molecule has 0 spiro atoms. The number of ether oxygens (including phenoxy) is 1. The van der Waals surface area contributed by atoms with Crippen LogP contribution < -0.4 is 26.0 Å². The van der Waals surface area contributed by atoms with Gasteiger partial charge in [0, 0.05) is 41.3 Å². The van der Waals surface area contributed by atoms with Gasteiger partial charge >= 0.3 is 0 Å². The lowest BCUT2D eigenvalue weighted by molar-refractivity contribution is -0.126. The zero-order valence-corrected chi connectivity index (χ0v) is 25.7. The number of aromatic amines is 1. The van der Waals surface area contributed by atoms with E-state index < -0.39 is 29.9 Å². The van der Waals surface area contributed by atoms with Crippen LogP contribution in [0.5, 0.6) is 5.75 Å². The fourth-order valence-corrected chi connectivity index (χ4v) is 6.35. The summed E-state index contributed by atoms with van der Waals surface area (Å²) < 4.78 is 5.42. The number of carbonyl (C=O) groups excluding carboxylic acids is 3. The Hall–Kier alpha value is -4.43. The Bertz CT molecular complexity index is 1580. The number of carbonyl (C=O) groups is 3. The van der Waals surface area contributed by atoms with Crippen LogP contribution in [0.3, 0.4) is 0 Å². The maximum absolute atomic E-state index is 13.9. The molecule has 1 saturated heterocycles. The number of hydrogen-bond acceptors (Lipinski definition) is 7. The maximum atomic E-state index is 13.9. The summed E-state index contributed by atoms with van der Waals surface area (Å²) in [6.45, 7) is 6.48. The lowest BCUT2D eigenvalue weighted by Crippen LogP contribution is -2.56. The topological polar surface area (TPSA) is 161 Å². The Morgan fingerprint density at radius 2 is 2.02 bits per heavy atom. The van der Waals surface area contributed by atoms with Gasteiger partial charge < -0.3 is 25.7 Å². The number of nitriles is 1. The summed E-state index contributed by atoms with van der Waals surface area (Å²) in [5.74, 6) is -0.472. The molecule has 2 unspecified atom stereocenters. The number of hydrogen-bond donors (Lipinski definition) is 5. The molecule has 5 N–H and O–H groups in total. The summed E-state index contributed by atoms with van der Waals surface area (Å²) in [4.78, 5) is 47.4. The summed E-state index contributed by atoms with van der Waals surface area (Å²) >= 11 is 0. The van der Waals surface area contributed by atoms with Crippen LogP contribution in [0.1, 0.15) is 72.9 Å². The molecular weight excluding hydrogens is 558 g/mol. The molecule has 3 aromatic rings. The minimum atomic E-state index is -0.852. The number of amides is 3. The van der Waals surface area contributed by atoms with Gasteiger partial charge in [0.05, 0.1) is 19.2 Å². The standard InChI is InChI=1S/C33H41N7O4/c1-18(2)12-27(40-33(43)28-15-22-24(37-28)6-5-7-30(22)44-4)32(42)39-26(14-21-10-11-35-31(21)41)29(16-34)38-25-9-8-20-13-19(3)36-17-23(20)25/h5-7,13,15,17-18,21,25-27,29,37-38H,8-12,14H2,1-4H3,(H,35,41)(H,39,42)(H,40,43)/t21-,25?,26-,27-,29?/m0/s1. The van der Waals surface area contributed by atoms with Crippen molar-refractivity contribution < 1.29 is 19.1 Å². The normalized spacial score (nSPS) is 19.6. The summed E-state index contributed by atoms with van der Waals surface area (Å²) in [5.41, 5.74) is 4.27. The molecule has 44 heavy (non-hydrogen) atoms. The Labute approximate surface area is 257 Å². The first kappa shape index (κ1) is 31.0. The van der Waals surface area contributed by atoms with Gasteiger partial charge in [-0.05, 0) is 80.3 Å². The molecule has 232 valence electrons. The van der Waals surface area contributed by atoms with Crippen LogP contribution in [0.25, 0.3) is 10.9 Å². The Kier molecular flexibility index (Phi) is 9.49. The average Bonchev–Trinajstić information content (AvgIpc) is 3.73. The van der Waals surface area contributed by atoms with Gasteiger partial charge in [0.15, 0.2) is 0 Å². The second kappa shape index (κ2) is 13.5. The first-order valence-corrected chi connectivity index (χ1v) is 15.3. The molecule has 0 radical (unpaired) electrons. The molecule has 2 aliphatic rings. The number of fused-ring (bicyclic) bond motifs is 2. The van der Waals surface area contributed by atoms with Gasteiger partial charge in [-0.3, -0.25) is 24.7 Å². The average molecular weight is 600 g/mol. The molecule has 3 amide bonds. The third-order valence-electron chi connectivity index (χ3n) is 8.61. The number of nitrogens with zero attached hydrogens (tertiary/aromatic N) is 2. The van der Waals surface area contributed by atoms with E-state index in [0.717, 1.165) is 35.0 Å². The Morgan fingerprint density at radius 3 is 2.73 bits per heavy atom. The molecular formula is C33H41N7O4. The van der Waals surface area contributed by atoms with Crippen LogP contribution in [0, 0.1) is 30.1 Å². The van der Waals surface area contributed by atoms with E-state index in [1.54, 1.807) is 13.2 Å².